The van der Waals surface area contributed by atoms with E-state index in [2.05, 4.69) is 44.1 Å². The molecule has 0 amide bonds. The molecule has 3 aromatic rings. The number of aromatic hydroxyl groups is 1. The number of methoxy groups -OCH3 is 1. The van der Waals surface area contributed by atoms with Crippen LogP contribution >= 0.6 is 0 Å². The first-order valence-corrected chi connectivity index (χ1v) is 9.85. The smallest absolute Gasteiger partial charge is 0.146 e. The predicted octanol–water partition coefficient (Wildman–Crippen LogP) is 5.08. The summed E-state index contributed by atoms with van der Waals surface area (Å²) in [5, 5.41) is 20.1. The maximum atomic E-state index is 11.0. The third-order valence-corrected chi connectivity index (χ3v) is 4.90. The lowest BCUT2D eigenvalue weighted by Gasteiger charge is -2.23. The fourth-order valence-corrected chi connectivity index (χ4v) is 3.09. The van der Waals surface area contributed by atoms with Crippen molar-refractivity contribution < 1.29 is 14.6 Å². The summed E-state index contributed by atoms with van der Waals surface area (Å²) in [6.07, 6.45) is 0.650. The van der Waals surface area contributed by atoms with Crippen molar-refractivity contribution in [2.75, 3.05) is 13.7 Å². The normalized spacial score (nSPS) is 11.5. The topological polar surface area (TPSA) is 69.4 Å². The first-order valence-electron chi connectivity index (χ1n) is 9.85. The summed E-state index contributed by atoms with van der Waals surface area (Å²) >= 11 is 0. The number of phenols is 1. The van der Waals surface area contributed by atoms with Crippen LogP contribution in [-0.4, -0.2) is 33.8 Å². The van der Waals surface area contributed by atoms with Crippen molar-refractivity contribution in [1.82, 2.24) is 15.0 Å². The van der Waals surface area contributed by atoms with Gasteiger partial charge in [0, 0.05) is 18.1 Å². The van der Waals surface area contributed by atoms with E-state index in [-0.39, 0.29) is 11.2 Å². The van der Waals surface area contributed by atoms with Gasteiger partial charge >= 0.3 is 0 Å². The molecule has 0 atom stereocenters. The van der Waals surface area contributed by atoms with E-state index in [9.17, 15) is 5.11 Å². The molecule has 0 bridgehead atoms. The van der Waals surface area contributed by atoms with Crippen molar-refractivity contribution in [2.45, 2.75) is 39.5 Å². The fourth-order valence-electron chi connectivity index (χ4n) is 3.09. The average molecular weight is 408 g/mol. The minimum absolute atomic E-state index is 0.172. The number of phenolic OH excluding ortho intramolecular Hbond substituents is 1. The maximum Gasteiger partial charge on any atom is 0.146 e. The molecule has 0 aliphatic carbocycles. The molecule has 0 fully saturated rings. The van der Waals surface area contributed by atoms with Crippen LogP contribution in [0.25, 0.3) is 16.7 Å². The largest absolute Gasteiger partial charge is 0.505 e. The van der Waals surface area contributed by atoms with Gasteiger partial charge in [-0.05, 0) is 41.7 Å². The van der Waals surface area contributed by atoms with E-state index in [1.165, 1.54) is 4.80 Å². The molecule has 0 unspecified atom stereocenters. The van der Waals surface area contributed by atoms with Gasteiger partial charge in [0.05, 0.1) is 13.7 Å². The predicted molar refractivity (Wildman–Crippen MR) is 119 cm³/mol. The lowest BCUT2D eigenvalue weighted by molar-refractivity contribution is 0.225. The molecule has 6 nitrogen and oxygen atoms in total. The Morgan fingerprint density at radius 1 is 1.10 bits per heavy atom. The van der Waals surface area contributed by atoms with Gasteiger partial charge in [-0.15, -0.1) is 15.0 Å². The molecule has 3 rings (SSSR count). The van der Waals surface area contributed by atoms with Crippen LogP contribution in [0.4, 0.5) is 0 Å². The number of allylic oxidation sites excluding steroid dienone is 1. The minimum Gasteiger partial charge on any atom is -0.505 e. The van der Waals surface area contributed by atoms with Gasteiger partial charge in [-0.1, -0.05) is 40.0 Å². The Labute approximate surface area is 177 Å². The molecule has 1 N–H and O–H groups in total. The average Bonchev–Trinajstić information content (AvgIpc) is 3.10. The molecule has 0 saturated carbocycles. The summed E-state index contributed by atoms with van der Waals surface area (Å²) in [6, 6.07) is 9.41. The van der Waals surface area contributed by atoms with E-state index < -0.39 is 0 Å². The Morgan fingerprint density at radius 2 is 1.80 bits per heavy atom. The van der Waals surface area contributed by atoms with Crippen LogP contribution in [0.2, 0.25) is 0 Å². The Bertz CT molecular complexity index is 1110. The van der Waals surface area contributed by atoms with Crippen molar-refractivity contribution in [3.8, 4) is 17.2 Å². The maximum absolute atomic E-state index is 11.0. The molecule has 0 saturated heterocycles. The monoisotopic (exact) mass is 407 g/mol. The van der Waals surface area contributed by atoms with Crippen LogP contribution in [0.5, 0.6) is 11.5 Å². The number of hydrogen-bond acceptors (Lipinski definition) is 5. The van der Waals surface area contributed by atoms with Gasteiger partial charge in [-0.25, -0.2) is 0 Å². The number of fused-ring (bicyclic) bond motifs is 1. The number of ether oxygens (including phenoxy) is 2. The molecule has 158 valence electrons. The van der Waals surface area contributed by atoms with Gasteiger partial charge in [-0.2, -0.15) is 0 Å². The highest BCUT2D eigenvalue weighted by molar-refractivity contribution is 5.76. The zero-order chi connectivity index (χ0) is 22.1. The van der Waals surface area contributed by atoms with Crippen LogP contribution < -0.4 is 4.74 Å². The van der Waals surface area contributed by atoms with E-state index in [1.54, 1.807) is 7.11 Å². The molecule has 0 spiro atoms. The Kier molecular flexibility index (Phi) is 5.87. The number of benzene rings is 2. The second kappa shape index (κ2) is 8.22. The van der Waals surface area contributed by atoms with Crippen molar-refractivity contribution in [3.63, 3.8) is 0 Å². The Morgan fingerprint density at radius 3 is 2.43 bits per heavy atom. The first-order chi connectivity index (χ1) is 14.1. The SMILES string of the molecule is C=C(C)C(=C)OCCc1cc(-n2nc3ccc(OC)cc3n2)c(O)c(C(C)(C)C)c1. The van der Waals surface area contributed by atoms with E-state index >= 15 is 0 Å². The lowest BCUT2D eigenvalue weighted by atomic mass is 9.84. The van der Waals surface area contributed by atoms with Crippen molar-refractivity contribution >= 4 is 11.0 Å². The molecule has 0 radical (unpaired) electrons. The molecule has 30 heavy (non-hydrogen) atoms. The van der Waals surface area contributed by atoms with Gasteiger partial charge in [0.2, 0.25) is 0 Å². The minimum atomic E-state index is -0.257. The van der Waals surface area contributed by atoms with Crippen LogP contribution in [-0.2, 0) is 16.6 Å². The summed E-state index contributed by atoms with van der Waals surface area (Å²) < 4.78 is 10.9. The highest BCUT2D eigenvalue weighted by atomic mass is 16.5. The van der Waals surface area contributed by atoms with Gasteiger partial charge in [0.1, 0.15) is 34.0 Å². The quantitative estimate of drug-likeness (QED) is 0.437. The summed E-state index contributed by atoms with van der Waals surface area (Å²) in [5.74, 6) is 1.46. The fraction of sp³-hybridized carbons (Fsp3) is 0.333. The van der Waals surface area contributed by atoms with E-state index in [0.29, 0.717) is 35.7 Å². The Balaban J connectivity index is 2.02. The van der Waals surface area contributed by atoms with Crippen LogP contribution in [0.15, 0.2) is 54.8 Å². The van der Waals surface area contributed by atoms with Crippen molar-refractivity contribution in [3.05, 3.63) is 65.9 Å². The van der Waals surface area contributed by atoms with E-state index in [1.807, 2.05) is 37.3 Å². The third kappa shape index (κ3) is 4.48. The highest BCUT2D eigenvalue weighted by Crippen LogP contribution is 2.36. The van der Waals surface area contributed by atoms with Crippen LogP contribution in [0.3, 0.4) is 0 Å². The van der Waals surface area contributed by atoms with Gasteiger partial charge < -0.3 is 14.6 Å². The second-order valence-corrected chi connectivity index (χ2v) is 8.41. The van der Waals surface area contributed by atoms with Gasteiger partial charge in [-0.3, -0.25) is 0 Å². The lowest BCUT2D eigenvalue weighted by Crippen LogP contribution is -2.14. The number of hydrogen-bond donors (Lipinski definition) is 1. The van der Waals surface area contributed by atoms with Crippen LogP contribution in [0.1, 0.15) is 38.8 Å². The molecular weight excluding hydrogens is 378 g/mol. The van der Waals surface area contributed by atoms with Crippen molar-refractivity contribution in [2.24, 2.45) is 0 Å². The zero-order valence-corrected chi connectivity index (χ0v) is 18.3. The summed E-state index contributed by atoms with van der Waals surface area (Å²) in [7, 11) is 1.61. The van der Waals surface area contributed by atoms with E-state index in [4.69, 9.17) is 9.47 Å². The number of nitrogens with zero attached hydrogens (tertiary/aromatic N) is 3. The van der Waals surface area contributed by atoms with Crippen molar-refractivity contribution in [1.29, 1.82) is 0 Å². The molecule has 2 aromatic carbocycles. The summed E-state index contributed by atoms with van der Waals surface area (Å²) in [5.41, 5.74) is 4.34. The molecule has 1 heterocycles. The standard InChI is InChI=1S/C24H29N3O3/c1-15(2)16(3)30-11-10-17-12-19(24(4,5)6)23(28)22(13-17)27-25-20-9-8-18(29-7)14-21(20)26-27/h8-9,12-14,28H,1,3,10-11H2,2,4-7H3. The second-order valence-electron chi connectivity index (χ2n) is 8.41. The highest BCUT2D eigenvalue weighted by Gasteiger charge is 2.23. The Hall–Kier alpha value is -3.28. The first kappa shape index (κ1) is 21.4. The molecule has 0 aliphatic rings. The molecule has 1 aromatic heterocycles. The summed E-state index contributed by atoms with van der Waals surface area (Å²) in [4.78, 5) is 1.48. The molecule has 6 heteroatoms. The summed E-state index contributed by atoms with van der Waals surface area (Å²) in [6.45, 7) is 16.2. The van der Waals surface area contributed by atoms with Gasteiger partial charge in [0.25, 0.3) is 0 Å². The number of rotatable bonds is 7. The van der Waals surface area contributed by atoms with Crippen LogP contribution in [0, 0.1) is 0 Å². The molecular formula is C24H29N3O3. The number of aromatic nitrogens is 3. The zero-order valence-electron chi connectivity index (χ0n) is 18.3. The third-order valence-electron chi connectivity index (χ3n) is 4.90. The molecule has 0 aliphatic heterocycles. The van der Waals surface area contributed by atoms with E-state index in [0.717, 1.165) is 22.2 Å². The van der Waals surface area contributed by atoms with Gasteiger partial charge in [0.15, 0.2) is 0 Å².